The maximum Gasteiger partial charge on any atom is 0.278 e. The van der Waals surface area contributed by atoms with E-state index in [1.54, 1.807) is 11.7 Å². The first-order chi connectivity index (χ1) is 15.0. The number of nitrogens with one attached hydrogen (secondary N) is 1. The van der Waals surface area contributed by atoms with Crippen molar-refractivity contribution in [1.29, 1.82) is 0 Å². The highest BCUT2D eigenvalue weighted by atomic mass is 16.1. The number of aromatic amines is 1. The maximum atomic E-state index is 12.9. The van der Waals surface area contributed by atoms with E-state index < -0.39 is 0 Å². The summed E-state index contributed by atoms with van der Waals surface area (Å²) in [5.74, 6) is 1.01. The number of H-pyrrole nitrogens is 1. The normalized spacial score (nSPS) is 13.6. The fourth-order valence-corrected chi connectivity index (χ4v) is 4.08. The molecule has 1 aromatic carbocycles. The molecule has 164 valence electrons. The number of anilines is 2. The SMILES string of the molecule is CCCc1nn(C)c2c(=O)[nH]c(N(Cc3cccc(N4CCC=N4)c3)CC(C)C)nc12. The van der Waals surface area contributed by atoms with E-state index >= 15 is 0 Å². The molecular weight excluding hydrogens is 390 g/mol. The zero-order valence-corrected chi connectivity index (χ0v) is 18.8. The third kappa shape index (κ3) is 4.47. The van der Waals surface area contributed by atoms with Gasteiger partial charge in [-0.3, -0.25) is 19.5 Å². The second kappa shape index (κ2) is 8.91. The number of hydrogen-bond donors (Lipinski definition) is 1. The Morgan fingerprint density at radius 2 is 2.13 bits per heavy atom. The molecule has 0 atom stereocenters. The lowest BCUT2D eigenvalue weighted by molar-refractivity contribution is 0.599. The Balaban J connectivity index is 1.70. The van der Waals surface area contributed by atoms with Crippen LogP contribution in [0.5, 0.6) is 0 Å². The van der Waals surface area contributed by atoms with E-state index in [-0.39, 0.29) is 5.56 Å². The summed E-state index contributed by atoms with van der Waals surface area (Å²) in [7, 11) is 1.80. The highest BCUT2D eigenvalue weighted by molar-refractivity contribution is 5.78. The van der Waals surface area contributed by atoms with E-state index in [9.17, 15) is 4.79 Å². The third-order valence-electron chi connectivity index (χ3n) is 5.40. The quantitative estimate of drug-likeness (QED) is 0.602. The molecule has 4 rings (SSSR count). The summed E-state index contributed by atoms with van der Waals surface area (Å²) in [5, 5.41) is 11.0. The van der Waals surface area contributed by atoms with E-state index in [4.69, 9.17) is 4.98 Å². The van der Waals surface area contributed by atoms with Crippen molar-refractivity contribution in [3.8, 4) is 0 Å². The third-order valence-corrected chi connectivity index (χ3v) is 5.40. The molecule has 0 spiro atoms. The van der Waals surface area contributed by atoms with Crippen molar-refractivity contribution in [2.75, 3.05) is 23.0 Å². The summed E-state index contributed by atoms with van der Waals surface area (Å²) in [6, 6.07) is 8.42. The van der Waals surface area contributed by atoms with Crippen LogP contribution in [0.2, 0.25) is 0 Å². The number of rotatable bonds is 8. The molecule has 31 heavy (non-hydrogen) atoms. The first-order valence-electron chi connectivity index (χ1n) is 11.1. The number of benzene rings is 1. The van der Waals surface area contributed by atoms with Crippen LogP contribution in [0.1, 0.15) is 44.9 Å². The lowest BCUT2D eigenvalue weighted by Crippen LogP contribution is -2.31. The minimum atomic E-state index is -0.147. The van der Waals surface area contributed by atoms with Crippen molar-refractivity contribution in [3.63, 3.8) is 0 Å². The maximum absolute atomic E-state index is 12.9. The van der Waals surface area contributed by atoms with Gasteiger partial charge < -0.3 is 4.90 Å². The van der Waals surface area contributed by atoms with Crippen molar-refractivity contribution in [2.45, 2.75) is 46.6 Å². The second-order valence-electron chi connectivity index (χ2n) is 8.56. The number of aryl methyl sites for hydroxylation is 2. The van der Waals surface area contributed by atoms with Crippen molar-refractivity contribution in [2.24, 2.45) is 18.1 Å². The van der Waals surface area contributed by atoms with E-state index in [0.717, 1.165) is 49.3 Å². The summed E-state index contributed by atoms with van der Waals surface area (Å²) < 4.78 is 1.64. The predicted molar refractivity (Wildman–Crippen MR) is 126 cm³/mol. The Bertz CT molecular complexity index is 1140. The Hall–Kier alpha value is -3.16. The van der Waals surface area contributed by atoms with E-state index in [1.807, 2.05) is 11.2 Å². The van der Waals surface area contributed by atoms with Crippen LogP contribution >= 0.6 is 0 Å². The number of fused-ring (bicyclic) bond motifs is 1. The number of nitrogens with zero attached hydrogens (tertiary/aromatic N) is 6. The molecule has 0 fully saturated rings. The Morgan fingerprint density at radius 1 is 1.29 bits per heavy atom. The monoisotopic (exact) mass is 421 g/mol. The summed E-state index contributed by atoms with van der Waals surface area (Å²) >= 11 is 0. The summed E-state index contributed by atoms with van der Waals surface area (Å²) in [6.45, 7) is 8.80. The summed E-state index contributed by atoms with van der Waals surface area (Å²) in [4.78, 5) is 22.9. The average Bonchev–Trinajstić information content (AvgIpc) is 3.37. The standard InChI is InChI=1S/C23H31N7O/c1-5-8-19-20-21(28(4)27-19)22(31)26-23(25-20)29(14-16(2)3)15-17-9-6-10-18(13-17)30-12-7-11-24-30/h6,9-11,13,16H,5,7-8,12,14-15H2,1-4H3,(H,25,26,31). The second-order valence-corrected chi connectivity index (χ2v) is 8.56. The molecule has 0 unspecified atom stereocenters. The van der Waals surface area contributed by atoms with Gasteiger partial charge in [0.1, 0.15) is 5.52 Å². The van der Waals surface area contributed by atoms with Gasteiger partial charge in [0.25, 0.3) is 5.56 Å². The topological polar surface area (TPSA) is 82.4 Å². The van der Waals surface area contributed by atoms with Gasteiger partial charge in [0, 0.05) is 39.3 Å². The molecule has 0 saturated carbocycles. The fraction of sp³-hybridized carbons (Fsp3) is 0.478. The van der Waals surface area contributed by atoms with Crippen molar-refractivity contribution in [1.82, 2.24) is 19.7 Å². The van der Waals surface area contributed by atoms with E-state index in [0.29, 0.717) is 29.4 Å². The van der Waals surface area contributed by atoms with E-state index in [1.165, 1.54) is 0 Å². The van der Waals surface area contributed by atoms with Crippen LogP contribution < -0.4 is 15.5 Å². The molecule has 1 N–H and O–H groups in total. The highest BCUT2D eigenvalue weighted by Crippen LogP contribution is 2.23. The molecule has 0 aliphatic carbocycles. The lowest BCUT2D eigenvalue weighted by Gasteiger charge is -2.26. The van der Waals surface area contributed by atoms with Crippen LogP contribution in [0.4, 0.5) is 11.6 Å². The van der Waals surface area contributed by atoms with Crippen LogP contribution in [0, 0.1) is 5.92 Å². The molecule has 8 heteroatoms. The molecule has 1 aliphatic rings. The summed E-state index contributed by atoms with van der Waals surface area (Å²) in [6.07, 6.45) is 4.68. The minimum absolute atomic E-state index is 0.147. The Morgan fingerprint density at radius 3 is 2.84 bits per heavy atom. The van der Waals surface area contributed by atoms with Crippen LogP contribution in [-0.2, 0) is 20.0 Å². The molecule has 0 radical (unpaired) electrons. The van der Waals surface area contributed by atoms with Gasteiger partial charge in [-0.05, 0) is 30.0 Å². The lowest BCUT2D eigenvalue weighted by atomic mass is 10.1. The number of hydrogen-bond acceptors (Lipinski definition) is 6. The first-order valence-corrected chi connectivity index (χ1v) is 11.1. The highest BCUT2D eigenvalue weighted by Gasteiger charge is 2.19. The predicted octanol–water partition coefficient (Wildman–Crippen LogP) is 3.47. The summed E-state index contributed by atoms with van der Waals surface area (Å²) in [5.41, 5.74) is 4.22. The first kappa shape index (κ1) is 21.1. The van der Waals surface area contributed by atoms with Gasteiger partial charge in [-0.25, -0.2) is 4.98 Å². The van der Waals surface area contributed by atoms with Gasteiger partial charge in [0.2, 0.25) is 5.95 Å². The molecule has 0 bridgehead atoms. The fourth-order valence-electron chi connectivity index (χ4n) is 4.08. The molecule has 2 aromatic heterocycles. The van der Waals surface area contributed by atoms with Crippen molar-refractivity contribution < 1.29 is 0 Å². The van der Waals surface area contributed by atoms with Gasteiger partial charge in [-0.2, -0.15) is 10.2 Å². The molecule has 3 aromatic rings. The molecular formula is C23H31N7O. The zero-order chi connectivity index (χ0) is 22.0. The molecule has 0 saturated heterocycles. The largest absolute Gasteiger partial charge is 0.338 e. The van der Waals surface area contributed by atoms with Gasteiger partial charge in [0.15, 0.2) is 5.52 Å². The van der Waals surface area contributed by atoms with Crippen LogP contribution in [-0.4, -0.2) is 39.1 Å². The molecule has 3 heterocycles. The average molecular weight is 422 g/mol. The van der Waals surface area contributed by atoms with Crippen molar-refractivity contribution >= 4 is 28.9 Å². The van der Waals surface area contributed by atoms with Gasteiger partial charge in [-0.1, -0.05) is 39.3 Å². The number of aromatic nitrogens is 4. The van der Waals surface area contributed by atoms with Crippen molar-refractivity contribution in [3.05, 3.63) is 45.9 Å². The smallest absolute Gasteiger partial charge is 0.278 e. The molecule has 8 nitrogen and oxygen atoms in total. The zero-order valence-electron chi connectivity index (χ0n) is 18.8. The minimum Gasteiger partial charge on any atom is -0.338 e. The van der Waals surface area contributed by atoms with E-state index in [2.05, 4.69) is 65.1 Å². The Kier molecular flexibility index (Phi) is 6.06. The Labute approximate surface area is 182 Å². The van der Waals surface area contributed by atoms with Crippen LogP contribution in [0.3, 0.4) is 0 Å². The molecule has 0 amide bonds. The number of hydrazone groups is 1. The van der Waals surface area contributed by atoms with Gasteiger partial charge in [-0.15, -0.1) is 0 Å². The van der Waals surface area contributed by atoms with Crippen LogP contribution in [0.25, 0.3) is 11.0 Å². The van der Waals surface area contributed by atoms with Gasteiger partial charge in [0.05, 0.1) is 11.4 Å². The van der Waals surface area contributed by atoms with Gasteiger partial charge >= 0.3 is 0 Å². The van der Waals surface area contributed by atoms with Crippen LogP contribution in [0.15, 0.2) is 34.2 Å². The molecule has 1 aliphatic heterocycles.